The number of amides is 5. The van der Waals surface area contributed by atoms with E-state index in [1.165, 1.54) is 18.1 Å². The zero-order valence-electron chi connectivity index (χ0n) is 20.5. The number of imide groups is 1. The summed E-state index contributed by atoms with van der Waals surface area (Å²) in [6.45, 7) is 3.57. The number of rotatable bonds is 9. The van der Waals surface area contributed by atoms with Gasteiger partial charge in [-0.1, -0.05) is 18.7 Å². The van der Waals surface area contributed by atoms with Crippen LogP contribution < -0.4 is 25.4 Å². The highest BCUT2D eigenvalue weighted by molar-refractivity contribution is 6.05. The molecule has 38 heavy (non-hydrogen) atoms. The maximum absolute atomic E-state index is 12.8. The van der Waals surface area contributed by atoms with Gasteiger partial charge in [0.1, 0.15) is 24.1 Å². The average molecular weight is 523 g/mol. The molecule has 0 radical (unpaired) electrons. The van der Waals surface area contributed by atoms with Crippen LogP contribution in [0.1, 0.15) is 34.3 Å². The van der Waals surface area contributed by atoms with Gasteiger partial charge in [0.15, 0.2) is 0 Å². The van der Waals surface area contributed by atoms with Crippen molar-refractivity contribution in [1.29, 1.82) is 0 Å². The number of fused-ring (bicyclic) bond motifs is 1. The Kier molecular flexibility index (Phi) is 7.61. The van der Waals surface area contributed by atoms with Crippen LogP contribution in [-0.2, 0) is 27.5 Å². The van der Waals surface area contributed by atoms with Gasteiger partial charge in [0.2, 0.25) is 11.8 Å². The topological polar surface area (TPSA) is 163 Å². The summed E-state index contributed by atoms with van der Waals surface area (Å²) in [4.78, 5) is 61.4. The molecule has 0 saturated carbocycles. The molecule has 2 aliphatic heterocycles. The summed E-state index contributed by atoms with van der Waals surface area (Å²) in [5, 5.41) is 16.6. The number of hydrogen-bond acceptors (Lipinski definition) is 7. The van der Waals surface area contributed by atoms with Crippen LogP contribution in [0.15, 0.2) is 48.6 Å². The lowest BCUT2D eigenvalue weighted by atomic mass is 10.0. The molecule has 1 atom stereocenters. The van der Waals surface area contributed by atoms with Gasteiger partial charge in [0, 0.05) is 49.0 Å². The molecule has 1 unspecified atom stereocenters. The Morgan fingerprint density at radius 3 is 2.63 bits per heavy atom. The first-order chi connectivity index (χ1) is 18.1. The molecule has 0 aliphatic carbocycles. The summed E-state index contributed by atoms with van der Waals surface area (Å²) in [6.07, 6.45) is 0.462. The number of urea groups is 1. The maximum Gasteiger partial charge on any atom is 0.334 e. The second-order valence-electron chi connectivity index (χ2n) is 8.79. The molecule has 12 heteroatoms. The van der Waals surface area contributed by atoms with Crippen molar-refractivity contribution in [2.45, 2.75) is 32.0 Å². The Morgan fingerprint density at radius 2 is 1.92 bits per heavy atom. The summed E-state index contributed by atoms with van der Waals surface area (Å²) in [5.41, 5.74) is 2.20. The minimum atomic E-state index is -1.18. The van der Waals surface area contributed by atoms with Gasteiger partial charge < -0.3 is 30.1 Å². The van der Waals surface area contributed by atoms with E-state index in [0.29, 0.717) is 17.0 Å². The van der Waals surface area contributed by atoms with Gasteiger partial charge >= 0.3 is 12.0 Å². The lowest BCUT2D eigenvalue weighted by Crippen LogP contribution is -2.52. The number of benzene rings is 2. The molecule has 0 aromatic heterocycles. The molecule has 4 rings (SSSR count). The van der Waals surface area contributed by atoms with E-state index in [0.717, 1.165) is 11.1 Å². The Morgan fingerprint density at radius 1 is 1.16 bits per heavy atom. The lowest BCUT2D eigenvalue weighted by Gasteiger charge is -2.29. The third kappa shape index (κ3) is 5.91. The predicted octanol–water partition coefficient (Wildman–Crippen LogP) is 1.80. The molecule has 0 bridgehead atoms. The number of ether oxygens (including phenoxy) is 2. The number of hydrogen-bond donors (Lipinski definition) is 4. The maximum atomic E-state index is 12.8. The van der Waals surface area contributed by atoms with Crippen molar-refractivity contribution >= 4 is 35.4 Å². The normalized spacial score (nSPS) is 16.4. The quantitative estimate of drug-likeness (QED) is 0.286. The van der Waals surface area contributed by atoms with Gasteiger partial charge in [-0.25, -0.2) is 9.59 Å². The Bertz CT molecular complexity index is 1340. The van der Waals surface area contributed by atoms with Gasteiger partial charge in [0.05, 0.1) is 12.7 Å². The molecule has 1 saturated heterocycles. The smallest absolute Gasteiger partial charge is 0.334 e. The van der Waals surface area contributed by atoms with Crippen molar-refractivity contribution in [1.82, 2.24) is 15.5 Å². The van der Waals surface area contributed by atoms with Crippen LogP contribution in [0, 0.1) is 0 Å². The molecule has 5 amide bonds. The van der Waals surface area contributed by atoms with E-state index in [9.17, 15) is 24.0 Å². The SMILES string of the molecule is C=C(COc1cc(NC(=O)NCc2ccc3c(c2)CN(C2CCC(=O)NC2=O)C3=O)cc(OC)c1)C(=O)O. The van der Waals surface area contributed by atoms with E-state index >= 15 is 0 Å². The number of carbonyl (C=O) groups excluding carboxylic acids is 4. The second kappa shape index (κ2) is 11.0. The Balaban J connectivity index is 1.36. The molecule has 4 N–H and O–H groups in total. The van der Waals surface area contributed by atoms with Crippen LogP contribution in [0.5, 0.6) is 11.5 Å². The van der Waals surface area contributed by atoms with E-state index in [4.69, 9.17) is 14.6 Å². The van der Waals surface area contributed by atoms with Crippen LogP contribution in [0.25, 0.3) is 0 Å². The number of carboxylic acids is 1. The van der Waals surface area contributed by atoms with E-state index in [1.807, 2.05) is 0 Å². The minimum Gasteiger partial charge on any atom is -0.497 e. The van der Waals surface area contributed by atoms with Crippen LogP contribution >= 0.6 is 0 Å². The van der Waals surface area contributed by atoms with E-state index in [2.05, 4.69) is 22.5 Å². The van der Waals surface area contributed by atoms with E-state index < -0.39 is 23.9 Å². The summed E-state index contributed by atoms with van der Waals surface area (Å²) in [5.74, 6) is -1.59. The van der Waals surface area contributed by atoms with Gasteiger partial charge in [0.25, 0.3) is 5.91 Å². The first kappa shape index (κ1) is 26.2. The van der Waals surface area contributed by atoms with Crippen LogP contribution in [0.4, 0.5) is 10.5 Å². The first-order valence-electron chi connectivity index (χ1n) is 11.7. The monoisotopic (exact) mass is 522 g/mol. The highest BCUT2D eigenvalue weighted by Crippen LogP contribution is 2.29. The molecule has 2 aromatic carbocycles. The van der Waals surface area contributed by atoms with Crippen molar-refractivity contribution in [2.75, 3.05) is 19.0 Å². The fraction of sp³-hybridized carbons (Fsp3) is 0.269. The van der Waals surface area contributed by atoms with Gasteiger partial charge in [-0.3, -0.25) is 19.7 Å². The van der Waals surface area contributed by atoms with Gasteiger partial charge in [-0.05, 0) is 23.6 Å². The zero-order valence-corrected chi connectivity index (χ0v) is 20.5. The van der Waals surface area contributed by atoms with E-state index in [1.54, 1.807) is 30.3 Å². The molecule has 2 heterocycles. The van der Waals surface area contributed by atoms with Gasteiger partial charge in [-0.2, -0.15) is 0 Å². The fourth-order valence-electron chi connectivity index (χ4n) is 4.17. The molecule has 2 aliphatic rings. The Labute approximate surface area is 217 Å². The number of carbonyl (C=O) groups is 5. The highest BCUT2D eigenvalue weighted by atomic mass is 16.5. The number of methoxy groups -OCH3 is 1. The largest absolute Gasteiger partial charge is 0.497 e. The highest BCUT2D eigenvalue weighted by Gasteiger charge is 2.39. The lowest BCUT2D eigenvalue weighted by molar-refractivity contribution is -0.137. The molecule has 12 nitrogen and oxygen atoms in total. The average Bonchev–Trinajstić information content (AvgIpc) is 3.21. The Hall–Kier alpha value is -4.87. The summed E-state index contributed by atoms with van der Waals surface area (Å²) in [7, 11) is 1.44. The molecule has 2 aromatic rings. The van der Waals surface area contributed by atoms with Crippen LogP contribution in [0.2, 0.25) is 0 Å². The van der Waals surface area contributed by atoms with Crippen LogP contribution in [-0.4, -0.2) is 59.5 Å². The number of anilines is 1. The van der Waals surface area contributed by atoms with E-state index in [-0.39, 0.29) is 55.7 Å². The summed E-state index contributed by atoms with van der Waals surface area (Å²) < 4.78 is 10.6. The molecule has 0 spiro atoms. The first-order valence-corrected chi connectivity index (χ1v) is 11.7. The zero-order chi connectivity index (χ0) is 27.4. The molecule has 198 valence electrons. The molecule has 1 fully saturated rings. The number of aliphatic carboxylic acids is 1. The molecular formula is C26H26N4O8. The predicted molar refractivity (Wildman–Crippen MR) is 134 cm³/mol. The van der Waals surface area contributed by atoms with Gasteiger partial charge in [-0.15, -0.1) is 0 Å². The van der Waals surface area contributed by atoms with Crippen molar-refractivity contribution in [3.63, 3.8) is 0 Å². The fourth-order valence-corrected chi connectivity index (χ4v) is 4.17. The van der Waals surface area contributed by atoms with Crippen molar-refractivity contribution in [2.24, 2.45) is 0 Å². The molecular weight excluding hydrogens is 496 g/mol. The van der Waals surface area contributed by atoms with Crippen molar-refractivity contribution in [3.8, 4) is 11.5 Å². The number of carboxylic acid groups (broad SMARTS) is 1. The third-order valence-corrected chi connectivity index (χ3v) is 6.13. The number of nitrogens with zero attached hydrogens (tertiary/aromatic N) is 1. The number of nitrogens with one attached hydrogen (secondary N) is 3. The summed E-state index contributed by atoms with van der Waals surface area (Å²) in [6, 6.07) is 8.60. The van der Waals surface area contributed by atoms with Crippen molar-refractivity contribution < 1.29 is 38.6 Å². The number of piperidine rings is 1. The third-order valence-electron chi connectivity index (χ3n) is 6.13. The van der Waals surface area contributed by atoms with Crippen LogP contribution in [0.3, 0.4) is 0 Å². The van der Waals surface area contributed by atoms with Crippen molar-refractivity contribution in [3.05, 3.63) is 65.2 Å². The minimum absolute atomic E-state index is 0.128. The summed E-state index contributed by atoms with van der Waals surface area (Å²) >= 11 is 0. The second-order valence-corrected chi connectivity index (χ2v) is 8.79. The standard InChI is InChI=1S/C26H26N4O8/c1-14(25(34)35)13-38-19-9-17(8-18(10-19)37-2)28-26(36)27-11-15-3-4-20-16(7-15)12-30(24(20)33)21-5-6-22(31)29-23(21)32/h3-4,7-10,21H,1,5-6,11-13H2,2H3,(H,34,35)(H2,27,28,36)(H,29,31,32).